The molecule has 0 fully saturated rings. The van der Waals surface area contributed by atoms with Gasteiger partial charge in [-0.05, 0) is 36.5 Å². The van der Waals surface area contributed by atoms with E-state index in [1.807, 2.05) is 23.5 Å². The predicted octanol–water partition coefficient (Wildman–Crippen LogP) is 4.36. The topological polar surface area (TPSA) is 35.0 Å². The first-order chi connectivity index (χ1) is 12.4. The second-order valence-electron chi connectivity index (χ2n) is 6.15. The molecule has 4 rings (SSSR count). The minimum atomic E-state index is 0.847. The lowest BCUT2D eigenvalue weighted by Gasteiger charge is -2.07. The van der Waals surface area contributed by atoms with Crippen molar-refractivity contribution in [3.63, 3.8) is 0 Å². The van der Waals surface area contributed by atoms with Crippen LogP contribution < -0.4 is 0 Å². The smallest absolute Gasteiger partial charge is 0.0967 e. The number of thioether (sulfide) groups is 2. The molecule has 0 aliphatic carbocycles. The van der Waals surface area contributed by atoms with Crippen LogP contribution >= 0.6 is 23.5 Å². The van der Waals surface area contributed by atoms with E-state index < -0.39 is 0 Å². The predicted molar refractivity (Wildman–Crippen MR) is 110 cm³/mol. The van der Waals surface area contributed by atoms with Gasteiger partial charge in [0.2, 0.25) is 0 Å². The van der Waals surface area contributed by atoms with E-state index in [2.05, 4.69) is 36.4 Å². The molecule has 25 heavy (non-hydrogen) atoms. The Morgan fingerprint density at radius 2 is 1.12 bits per heavy atom. The average Bonchev–Trinajstić information content (AvgIpc) is 2.65. The van der Waals surface area contributed by atoms with Gasteiger partial charge in [-0.1, -0.05) is 24.3 Å². The van der Waals surface area contributed by atoms with Gasteiger partial charge in [0.15, 0.2) is 0 Å². The summed E-state index contributed by atoms with van der Waals surface area (Å²) in [6.45, 7) is 1.69. The maximum absolute atomic E-state index is 5.70. The number of hydrogen-bond donors (Lipinski definition) is 0. The monoisotopic (exact) mass is 370 g/mol. The molecule has 3 heterocycles. The molecule has 130 valence electrons. The lowest BCUT2D eigenvalue weighted by Crippen LogP contribution is -2.03. The van der Waals surface area contributed by atoms with Crippen molar-refractivity contribution in [3.05, 3.63) is 47.8 Å². The number of fused-ring (bicyclic) bond motifs is 2. The quantitative estimate of drug-likeness (QED) is 0.549. The maximum atomic E-state index is 5.70. The van der Waals surface area contributed by atoms with Gasteiger partial charge in [-0.3, -0.25) is 9.97 Å². The third-order valence-corrected chi connectivity index (χ3v) is 6.28. The third kappa shape index (κ3) is 4.27. The molecule has 0 atom stereocenters. The molecule has 1 aromatic carbocycles. The first-order valence-corrected chi connectivity index (χ1v) is 11.1. The van der Waals surface area contributed by atoms with E-state index in [-0.39, 0.29) is 0 Å². The van der Waals surface area contributed by atoms with Crippen LogP contribution in [0.3, 0.4) is 0 Å². The molecule has 0 spiro atoms. The lowest BCUT2D eigenvalue weighted by atomic mass is 10.1. The van der Waals surface area contributed by atoms with Crippen LogP contribution in [-0.2, 0) is 17.6 Å². The Kier molecular flexibility index (Phi) is 5.75. The highest BCUT2D eigenvalue weighted by atomic mass is 32.2. The largest absolute Gasteiger partial charge is 0.380 e. The first-order valence-electron chi connectivity index (χ1n) is 8.82. The van der Waals surface area contributed by atoms with E-state index in [1.54, 1.807) is 0 Å². The number of aryl methyl sites for hydroxylation is 2. The van der Waals surface area contributed by atoms with Gasteiger partial charge in [-0.25, -0.2) is 0 Å². The van der Waals surface area contributed by atoms with Crippen LogP contribution in [0.25, 0.3) is 21.8 Å². The van der Waals surface area contributed by atoms with Crippen LogP contribution in [-0.4, -0.2) is 46.2 Å². The van der Waals surface area contributed by atoms with Gasteiger partial charge in [0.1, 0.15) is 0 Å². The number of pyridine rings is 2. The van der Waals surface area contributed by atoms with Crippen molar-refractivity contribution in [2.45, 2.75) is 12.8 Å². The molecule has 5 heteroatoms. The van der Waals surface area contributed by atoms with Crippen molar-refractivity contribution in [1.82, 2.24) is 9.97 Å². The van der Waals surface area contributed by atoms with E-state index in [0.717, 1.165) is 71.5 Å². The molecule has 1 aliphatic rings. The molecule has 0 amide bonds. The second kappa shape index (κ2) is 8.39. The van der Waals surface area contributed by atoms with Gasteiger partial charge in [0, 0.05) is 33.7 Å². The SMILES string of the molecule is c1cc2ccc3ccc4nc3c2nc1CCSCCOCCSCC4. The Bertz CT molecular complexity index is 798. The first kappa shape index (κ1) is 17.1. The van der Waals surface area contributed by atoms with Gasteiger partial charge in [-0.2, -0.15) is 23.5 Å². The van der Waals surface area contributed by atoms with Crippen molar-refractivity contribution in [2.75, 3.05) is 36.2 Å². The van der Waals surface area contributed by atoms with E-state index >= 15 is 0 Å². The minimum absolute atomic E-state index is 0.847. The normalized spacial score (nSPS) is 17.4. The summed E-state index contributed by atoms with van der Waals surface area (Å²) in [7, 11) is 0. The summed E-state index contributed by atoms with van der Waals surface area (Å²) in [5, 5.41) is 2.35. The third-order valence-electron chi connectivity index (χ3n) is 4.38. The second-order valence-corrected chi connectivity index (χ2v) is 8.60. The van der Waals surface area contributed by atoms with Crippen molar-refractivity contribution in [2.24, 2.45) is 0 Å². The van der Waals surface area contributed by atoms with Gasteiger partial charge in [0.25, 0.3) is 0 Å². The highest BCUT2D eigenvalue weighted by Crippen LogP contribution is 2.24. The summed E-state index contributed by atoms with van der Waals surface area (Å²) < 4.78 is 5.70. The molecule has 0 unspecified atom stereocenters. The molecule has 3 nitrogen and oxygen atoms in total. The van der Waals surface area contributed by atoms with E-state index in [1.165, 1.54) is 10.8 Å². The molecule has 3 aromatic rings. The zero-order chi connectivity index (χ0) is 16.9. The highest BCUT2D eigenvalue weighted by molar-refractivity contribution is 7.99. The highest BCUT2D eigenvalue weighted by Gasteiger charge is 2.07. The summed E-state index contributed by atoms with van der Waals surface area (Å²) in [6, 6.07) is 13.0. The van der Waals surface area contributed by atoms with Crippen molar-refractivity contribution in [1.29, 1.82) is 0 Å². The van der Waals surface area contributed by atoms with E-state index in [4.69, 9.17) is 14.7 Å². The van der Waals surface area contributed by atoms with Crippen LogP contribution in [0.1, 0.15) is 11.4 Å². The number of hydrogen-bond acceptors (Lipinski definition) is 5. The fourth-order valence-corrected chi connectivity index (χ4v) is 4.61. The Morgan fingerprint density at radius 3 is 1.64 bits per heavy atom. The number of aromatic nitrogens is 2. The molecule has 0 saturated heterocycles. The maximum Gasteiger partial charge on any atom is 0.0967 e. The molecular weight excluding hydrogens is 348 g/mol. The number of ether oxygens (including phenoxy) is 1. The molecule has 0 saturated carbocycles. The standard InChI is InChI=1S/C20H22N2OS2/c1-2-16-4-6-18-8-12-25-14-10-23-9-13-24-11-7-17-5-3-15(1)19(21-17)20(16)22-18/h1-6H,7-14H2. The average molecular weight is 371 g/mol. The fourth-order valence-electron chi connectivity index (χ4n) is 3.02. The molecule has 2 aromatic heterocycles. The zero-order valence-corrected chi connectivity index (χ0v) is 15.9. The number of rotatable bonds is 0. The Labute approximate surface area is 157 Å². The van der Waals surface area contributed by atoms with Crippen LogP contribution in [0.15, 0.2) is 36.4 Å². The minimum Gasteiger partial charge on any atom is -0.380 e. The Balaban J connectivity index is 1.71. The van der Waals surface area contributed by atoms with Crippen molar-refractivity contribution < 1.29 is 4.74 Å². The van der Waals surface area contributed by atoms with Gasteiger partial charge < -0.3 is 4.74 Å². The van der Waals surface area contributed by atoms with E-state index in [0.29, 0.717) is 0 Å². The van der Waals surface area contributed by atoms with Crippen LogP contribution in [0.2, 0.25) is 0 Å². The van der Waals surface area contributed by atoms with Crippen LogP contribution in [0.5, 0.6) is 0 Å². The molecule has 0 radical (unpaired) electrons. The van der Waals surface area contributed by atoms with Crippen molar-refractivity contribution in [3.8, 4) is 0 Å². The Hall–Kier alpha value is -1.30. The van der Waals surface area contributed by atoms with Crippen LogP contribution in [0, 0.1) is 0 Å². The summed E-state index contributed by atoms with van der Waals surface area (Å²) in [4.78, 5) is 9.89. The van der Waals surface area contributed by atoms with E-state index in [9.17, 15) is 0 Å². The Morgan fingerprint density at radius 1 is 0.640 bits per heavy atom. The number of benzene rings is 1. The summed E-state index contributed by atoms with van der Waals surface area (Å²) in [5.41, 5.74) is 4.39. The lowest BCUT2D eigenvalue weighted by molar-refractivity contribution is 0.167. The van der Waals surface area contributed by atoms with Gasteiger partial charge in [0.05, 0.1) is 24.2 Å². The zero-order valence-electron chi connectivity index (χ0n) is 14.2. The number of nitrogens with zero attached hydrogens (tertiary/aromatic N) is 2. The summed E-state index contributed by atoms with van der Waals surface area (Å²) in [5.74, 6) is 4.29. The summed E-state index contributed by atoms with van der Waals surface area (Å²) >= 11 is 3.89. The van der Waals surface area contributed by atoms with Crippen molar-refractivity contribution >= 4 is 45.3 Å². The van der Waals surface area contributed by atoms with Gasteiger partial charge >= 0.3 is 0 Å². The molecule has 4 bridgehead atoms. The molecular formula is C20H22N2OS2. The van der Waals surface area contributed by atoms with Gasteiger partial charge in [-0.15, -0.1) is 0 Å². The van der Waals surface area contributed by atoms with Crippen LogP contribution in [0.4, 0.5) is 0 Å². The summed E-state index contributed by atoms with van der Waals surface area (Å²) in [6.07, 6.45) is 1.99. The fraction of sp³-hybridized carbons (Fsp3) is 0.400. The molecule has 0 N–H and O–H groups in total. The molecule has 1 aliphatic heterocycles.